The van der Waals surface area contributed by atoms with E-state index in [1.807, 2.05) is 6.92 Å². The van der Waals surface area contributed by atoms with Crippen molar-refractivity contribution in [1.29, 1.82) is 0 Å². The molecule has 1 aromatic rings. The van der Waals surface area contributed by atoms with E-state index >= 15 is 0 Å². The van der Waals surface area contributed by atoms with Crippen LogP contribution in [0.1, 0.15) is 79.2 Å². The van der Waals surface area contributed by atoms with Crippen LogP contribution in [0.5, 0.6) is 0 Å². The van der Waals surface area contributed by atoms with Crippen molar-refractivity contribution in [2.45, 2.75) is 110 Å². The van der Waals surface area contributed by atoms with Gasteiger partial charge in [-0.3, -0.25) is 24.0 Å². The highest BCUT2D eigenvalue weighted by Gasteiger charge is 2.83. The molecule has 2 bridgehead atoms. The minimum absolute atomic E-state index is 0.00843. The fraction of sp³-hybridized carbons (Fsp3) is 0.743. The third-order valence-corrected chi connectivity index (χ3v) is 13.1. The number of Topliss-reactive ketones (excluding diaryl/α,β-unsaturated/α-hetero) is 2. The van der Waals surface area contributed by atoms with Gasteiger partial charge in [-0.2, -0.15) is 0 Å². The molecule has 13 heteroatoms. The highest BCUT2D eigenvalue weighted by molar-refractivity contribution is 5.96. The number of fused-ring (bicyclic) bond motifs is 3. The zero-order valence-corrected chi connectivity index (χ0v) is 28.3. The smallest absolute Gasteiger partial charge is 0.310 e. The minimum Gasteiger partial charge on any atom is -0.472 e. The third-order valence-electron chi connectivity index (χ3n) is 13.1. The molecule has 1 saturated heterocycles. The van der Waals surface area contributed by atoms with Gasteiger partial charge in [0.05, 0.1) is 36.6 Å². The van der Waals surface area contributed by atoms with Gasteiger partial charge in [0.1, 0.15) is 18.0 Å². The monoisotopic (exact) mass is 674 g/mol. The Labute approximate surface area is 278 Å². The van der Waals surface area contributed by atoms with E-state index in [1.165, 1.54) is 12.5 Å². The van der Waals surface area contributed by atoms with Gasteiger partial charge in [-0.1, -0.05) is 27.7 Å². The number of hydrogen-bond donors (Lipinski definition) is 3. The maximum atomic E-state index is 14.9. The van der Waals surface area contributed by atoms with Gasteiger partial charge in [0.2, 0.25) is 6.29 Å². The molecule has 6 rings (SSSR count). The van der Waals surface area contributed by atoms with Gasteiger partial charge in [0.25, 0.3) is 0 Å². The second kappa shape index (κ2) is 11.5. The number of carbonyl (C=O) groups excluding carboxylic acids is 5. The predicted molar refractivity (Wildman–Crippen MR) is 162 cm³/mol. The summed E-state index contributed by atoms with van der Waals surface area (Å²) < 4.78 is 29.0. The number of ketones is 2. The van der Waals surface area contributed by atoms with Crippen molar-refractivity contribution in [3.8, 4) is 0 Å². The van der Waals surface area contributed by atoms with E-state index in [0.717, 1.165) is 13.8 Å². The summed E-state index contributed by atoms with van der Waals surface area (Å²) in [4.78, 5) is 67.4. The molecule has 1 aliphatic heterocycles. The summed E-state index contributed by atoms with van der Waals surface area (Å²) in [7, 11) is 0. The largest absolute Gasteiger partial charge is 0.472 e. The first-order valence-corrected chi connectivity index (χ1v) is 16.7. The van der Waals surface area contributed by atoms with Gasteiger partial charge < -0.3 is 38.7 Å². The lowest BCUT2D eigenvalue weighted by atomic mass is 9.33. The molecule has 3 N–H and O–H groups in total. The summed E-state index contributed by atoms with van der Waals surface area (Å²) in [6.07, 6.45) is -5.91. The topological polar surface area (TPSA) is 196 Å². The number of aliphatic hydroxyl groups excluding tert-OH is 3. The Hall–Kier alpha value is -3.13. The average molecular weight is 675 g/mol. The SMILES string of the molecule is CCC(C)C(=O)OC1OC[C@]23[C@@H](O)[C@@H](OC(C)=O)[C@@H](OC(C)=O)[C@@]1(C)[C@@H]2C[C@@H](O)[C@@]1(C)[C@@H]2C(=O)C[C@@H](c4ccoc4)[C@]2(C)[C@@H](O)C(=O)[C@@H]13. The van der Waals surface area contributed by atoms with Gasteiger partial charge in [0.15, 0.2) is 18.0 Å². The van der Waals surface area contributed by atoms with Crippen LogP contribution in [0.2, 0.25) is 0 Å². The lowest BCUT2D eigenvalue weighted by Gasteiger charge is -2.73. The zero-order valence-electron chi connectivity index (χ0n) is 28.3. The molecule has 4 aliphatic carbocycles. The first kappa shape index (κ1) is 34.7. The van der Waals surface area contributed by atoms with Crippen LogP contribution in [-0.2, 0) is 42.9 Å². The van der Waals surface area contributed by atoms with Crippen LogP contribution in [0.25, 0.3) is 0 Å². The van der Waals surface area contributed by atoms with Crippen molar-refractivity contribution in [3.63, 3.8) is 0 Å². The van der Waals surface area contributed by atoms with Crippen LogP contribution in [0, 0.1) is 45.3 Å². The van der Waals surface area contributed by atoms with Crippen LogP contribution in [0.3, 0.4) is 0 Å². The minimum atomic E-state index is -1.73. The molecule has 0 aromatic carbocycles. The molecule has 2 unspecified atom stereocenters. The Bertz CT molecular complexity index is 1510. The van der Waals surface area contributed by atoms with Crippen molar-refractivity contribution >= 4 is 29.5 Å². The Kier molecular flexibility index (Phi) is 8.29. The Morgan fingerprint density at radius 1 is 0.979 bits per heavy atom. The summed E-state index contributed by atoms with van der Waals surface area (Å²) >= 11 is 0. The first-order valence-electron chi connectivity index (χ1n) is 16.7. The highest BCUT2D eigenvalue weighted by atomic mass is 16.7. The summed E-state index contributed by atoms with van der Waals surface area (Å²) in [5.74, 6) is -7.64. The Balaban J connectivity index is 1.56. The lowest BCUT2D eigenvalue weighted by Crippen LogP contribution is -2.83. The third kappa shape index (κ3) is 4.32. The maximum absolute atomic E-state index is 14.9. The molecule has 48 heavy (non-hydrogen) atoms. The van der Waals surface area contributed by atoms with E-state index in [2.05, 4.69) is 0 Å². The molecule has 0 radical (unpaired) electrons. The molecule has 13 nitrogen and oxygen atoms in total. The summed E-state index contributed by atoms with van der Waals surface area (Å²) in [6.45, 7) is 10.3. The molecular weight excluding hydrogens is 628 g/mol. The molecule has 5 fully saturated rings. The van der Waals surface area contributed by atoms with E-state index in [4.69, 9.17) is 23.4 Å². The van der Waals surface area contributed by atoms with E-state index in [9.17, 15) is 39.3 Å². The second-order valence-electron chi connectivity index (χ2n) is 15.4. The number of rotatable bonds is 6. The van der Waals surface area contributed by atoms with E-state index < -0.39 is 118 Å². The molecule has 2 heterocycles. The fourth-order valence-corrected chi connectivity index (χ4v) is 10.9. The molecule has 4 saturated carbocycles. The van der Waals surface area contributed by atoms with Crippen molar-refractivity contribution in [2.24, 2.45) is 45.3 Å². The summed E-state index contributed by atoms with van der Waals surface area (Å²) in [6, 6.07) is 1.69. The summed E-state index contributed by atoms with van der Waals surface area (Å²) in [5.41, 5.74) is -5.50. The van der Waals surface area contributed by atoms with Crippen molar-refractivity contribution in [1.82, 2.24) is 0 Å². The van der Waals surface area contributed by atoms with E-state index in [0.29, 0.717) is 12.0 Å². The molecule has 5 aliphatic rings. The molecule has 0 amide bonds. The number of hydrogen-bond acceptors (Lipinski definition) is 13. The number of ether oxygens (including phenoxy) is 4. The number of esters is 3. The summed E-state index contributed by atoms with van der Waals surface area (Å²) in [5, 5.41) is 36.8. The molecule has 15 atom stereocenters. The van der Waals surface area contributed by atoms with Crippen LogP contribution >= 0.6 is 0 Å². The van der Waals surface area contributed by atoms with Crippen LogP contribution in [0.4, 0.5) is 0 Å². The van der Waals surface area contributed by atoms with Crippen LogP contribution in [-0.4, -0.2) is 88.2 Å². The van der Waals surface area contributed by atoms with Gasteiger partial charge in [-0.25, -0.2) is 0 Å². The number of carbonyl (C=O) groups is 5. The van der Waals surface area contributed by atoms with Gasteiger partial charge >= 0.3 is 17.9 Å². The average Bonchev–Trinajstić information content (AvgIpc) is 3.65. The quantitative estimate of drug-likeness (QED) is 0.293. The normalized spacial score (nSPS) is 46.9. The van der Waals surface area contributed by atoms with E-state index in [1.54, 1.807) is 33.8 Å². The number of aliphatic hydroxyl groups is 3. The lowest BCUT2D eigenvalue weighted by molar-refractivity contribution is -0.389. The highest BCUT2D eigenvalue weighted by Crippen LogP contribution is 2.75. The second-order valence-corrected chi connectivity index (χ2v) is 15.4. The Morgan fingerprint density at radius 2 is 1.65 bits per heavy atom. The van der Waals surface area contributed by atoms with Gasteiger partial charge in [-0.05, 0) is 37.3 Å². The fourth-order valence-electron chi connectivity index (χ4n) is 10.9. The maximum Gasteiger partial charge on any atom is 0.310 e. The van der Waals surface area contributed by atoms with E-state index in [-0.39, 0.29) is 18.6 Å². The number of furan rings is 1. The first-order chi connectivity index (χ1) is 22.4. The van der Waals surface area contributed by atoms with Gasteiger partial charge in [-0.15, -0.1) is 0 Å². The predicted octanol–water partition coefficient (Wildman–Crippen LogP) is 2.08. The van der Waals surface area contributed by atoms with Crippen LogP contribution < -0.4 is 0 Å². The molecule has 1 aromatic heterocycles. The van der Waals surface area contributed by atoms with Gasteiger partial charge in [0, 0.05) is 54.3 Å². The van der Waals surface area contributed by atoms with Crippen molar-refractivity contribution in [2.75, 3.05) is 6.61 Å². The molecule has 0 spiro atoms. The standard InChI is InChI=1S/C35H46O13/c1-8-15(2)30(43)48-31-33(6)21-12-22(39)34(7)25-20(38)11-19(18-9-10-44-13-18)32(25,5)27(41)23(40)26(34)35(21,14-45-31)28(42)24(46-16(3)36)29(33)47-17(4)37/h9-10,13,15,19,21-22,24-29,31,39,41-42H,8,11-12,14H2,1-7H3/t15?,19-,21-,22+,24+,25+,26-,27-,28-,29+,31?,32-,33+,34-,35-/m0/s1. The van der Waals surface area contributed by atoms with Crippen molar-refractivity contribution in [3.05, 3.63) is 24.2 Å². The molecular formula is C35H46O13. The van der Waals surface area contributed by atoms with Crippen LogP contribution in [0.15, 0.2) is 23.0 Å². The Morgan fingerprint density at radius 3 is 2.23 bits per heavy atom. The molecule has 264 valence electrons. The zero-order chi connectivity index (χ0) is 35.3. The van der Waals surface area contributed by atoms with Crippen molar-refractivity contribution < 1.29 is 62.7 Å².